The van der Waals surface area contributed by atoms with Gasteiger partial charge in [0.2, 0.25) is 0 Å². The molecule has 0 aliphatic carbocycles. The first-order chi connectivity index (χ1) is 43.7. The molecule has 16 heteroatoms. The third-order valence-corrected chi connectivity index (χ3v) is 16.3. The first-order valence-electron chi connectivity index (χ1n) is 30.9. The van der Waals surface area contributed by atoms with Gasteiger partial charge in [-0.2, -0.15) is 32.7 Å². The van der Waals surface area contributed by atoms with Crippen LogP contribution >= 0.6 is 0 Å². The Morgan fingerprint density at radius 3 is 1.61 bits per heavy atom. The van der Waals surface area contributed by atoms with Gasteiger partial charge in [0.25, 0.3) is 10.1 Å². The Labute approximate surface area is 555 Å². The average Bonchev–Trinajstić information content (AvgIpc) is 0.769. The number of rotatable bonds is 10. The van der Waals surface area contributed by atoms with Crippen LogP contribution in [-0.4, -0.2) is 93.4 Å². The molecule has 6 heterocycles. The van der Waals surface area contributed by atoms with E-state index < -0.39 is 10.1 Å². The maximum absolute atomic E-state index is 12.8. The molecule has 92 heavy (non-hydrogen) atoms. The van der Waals surface area contributed by atoms with E-state index in [2.05, 4.69) is 154 Å². The zero-order chi connectivity index (χ0) is 64.8. The second-order valence-electron chi connectivity index (χ2n) is 23.5. The summed E-state index contributed by atoms with van der Waals surface area (Å²) in [4.78, 5) is 25.3. The summed E-state index contributed by atoms with van der Waals surface area (Å²) in [6, 6.07) is 58.1. The third-order valence-electron chi connectivity index (χ3n) is 16.3. The molecule has 2 N–H and O–H groups in total. The Balaban J connectivity index is 0.000000162. The molecule has 2 saturated heterocycles. The van der Waals surface area contributed by atoms with Gasteiger partial charge in [0, 0.05) is 67.9 Å². The SMILES string of the molecule is CS(=O)(=O)O.Cc1c2n(c(OC[C@@H]3COCCO3)cc1=O)CCc1cc(-c3ccc(C(C)C)cc3)ccc1-2.Cc1ccc2c(c1)CCn1c(OC[C@@H]3COCCO3)cc(=O)c(C)c1-2.[CH2-]c1ccccc1-c1c(C)cccc1C.[NH-]c1ccccc1-c1[c-]cccc1.[Pd]. The third kappa shape index (κ3) is 18.2. The zero-order valence-electron chi connectivity index (χ0n) is 53.7. The van der Waals surface area contributed by atoms with Crippen LogP contribution in [0.3, 0.4) is 0 Å². The number of nitrogens with zero attached hydrogens (tertiary/aromatic N) is 2. The monoisotopic (exact) mass is 1350 g/mol. The van der Waals surface area contributed by atoms with Gasteiger partial charge in [-0.25, -0.2) is 0 Å². The summed E-state index contributed by atoms with van der Waals surface area (Å²) in [6.07, 6.45) is 2.35. The van der Waals surface area contributed by atoms with Crippen molar-refractivity contribution >= 4 is 15.8 Å². The number of fused-ring (bicyclic) bond motifs is 6. The van der Waals surface area contributed by atoms with Crippen molar-refractivity contribution < 1.29 is 61.8 Å². The minimum Gasteiger partial charge on any atom is -0.706 e. The normalized spacial score (nSPS) is 15.2. The largest absolute Gasteiger partial charge is 0.706 e. The predicted molar refractivity (Wildman–Crippen MR) is 364 cm³/mol. The fraction of sp³-hybridized carbons (Fsp3) is 0.303. The van der Waals surface area contributed by atoms with Crippen molar-refractivity contribution in [2.75, 3.05) is 59.1 Å². The van der Waals surface area contributed by atoms with Crippen LogP contribution in [0.5, 0.6) is 11.8 Å². The van der Waals surface area contributed by atoms with Crippen LogP contribution in [0, 0.1) is 47.6 Å². The van der Waals surface area contributed by atoms with Crippen molar-refractivity contribution in [1.29, 1.82) is 0 Å². The van der Waals surface area contributed by atoms with Gasteiger partial charge in [0.05, 0.1) is 57.3 Å². The molecule has 4 aliphatic heterocycles. The second-order valence-corrected chi connectivity index (χ2v) is 25.0. The molecule has 0 saturated carbocycles. The quantitative estimate of drug-likeness (QED) is 0.0783. The first-order valence-corrected chi connectivity index (χ1v) is 32.7. The fourth-order valence-corrected chi connectivity index (χ4v) is 11.6. The topological polar surface area (TPSA) is 178 Å². The molecule has 4 aliphatic rings. The minimum absolute atomic E-state index is 0. The molecule has 0 radical (unpaired) electrons. The van der Waals surface area contributed by atoms with Crippen LogP contribution < -0.4 is 20.3 Å². The summed E-state index contributed by atoms with van der Waals surface area (Å²) >= 11 is 0. The number of ether oxygens (including phenoxy) is 6. The van der Waals surface area contributed by atoms with E-state index >= 15 is 0 Å². The Morgan fingerprint density at radius 2 is 1.11 bits per heavy atom. The van der Waals surface area contributed by atoms with Crippen LogP contribution in [0.2, 0.25) is 0 Å². The van der Waals surface area contributed by atoms with Crippen LogP contribution in [0.1, 0.15) is 69.8 Å². The van der Waals surface area contributed by atoms with E-state index in [-0.39, 0.29) is 43.5 Å². The molecule has 0 spiro atoms. The van der Waals surface area contributed by atoms with Gasteiger partial charge in [0.15, 0.2) is 22.6 Å². The summed E-state index contributed by atoms with van der Waals surface area (Å²) in [7, 11) is -3.67. The van der Waals surface area contributed by atoms with Crippen LogP contribution in [-0.2, 0) is 75.4 Å². The van der Waals surface area contributed by atoms with Crippen LogP contribution in [0.25, 0.3) is 61.6 Å². The molecule has 2 aromatic heterocycles. The van der Waals surface area contributed by atoms with E-state index in [1.807, 2.05) is 62.4 Å². The number of nitrogens with one attached hydrogen (secondary N) is 1. The molecule has 7 aromatic carbocycles. The maximum Gasteiger partial charge on any atom is 0.261 e. The molecule has 486 valence electrons. The predicted octanol–water partition coefficient (Wildman–Crippen LogP) is 14.9. The summed E-state index contributed by atoms with van der Waals surface area (Å²) < 4.78 is 64.4. The van der Waals surface area contributed by atoms with Crippen LogP contribution in [0.15, 0.2) is 173 Å². The van der Waals surface area contributed by atoms with Gasteiger partial charge < -0.3 is 43.3 Å². The molecule has 2 fully saturated rings. The van der Waals surface area contributed by atoms with Crippen molar-refractivity contribution in [2.24, 2.45) is 0 Å². The number of hydrogen-bond acceptors (Lipinski definition) is 10. The Morgan fingerprint density at radius 1 is 0.609 bits per heavy atom. The summed E-state index contributed by atoms with van der Waals surface area (Å²) in [5.74, 6) is 1.74. The molecular weight excluding hydrogens is 1270 g/mol. The van der Waals surface area contributed by atoms with E-state index in [0.29, 0.717) is 82.5 Å². The second kappa shape index (κ2) is 32.6. The van der Waals surface area contributed by atoms with E-state index in [4.69, 9.17) is 38.7 Å². The van der Waals surface area contributed by atoms with E-state index in [9.17, 15) is 18.0 Å². The van der Waals surface area contributed by atoms with Gasteiger partial charge >= 0.3 is 0 Å². The van der Waals surface area contributed by atoms with Gasteiger partial charge in [-0.1, -0.05) is 145 Å². The Hall–Kier alpha value is -7.88. The maximum atomic E-state index is 12.8. The van der Waals surface area contributed by atoms with Gasteiger partial charge in [-0.15, -0.1) is 59.2 Å². The van der Waals surface area contributed by atoms with E-state index in [1.165, 1.54) is 55.6 Å². The smallest absolute Gasteiger partial charge is 0.261 e. The van der Waals surface area contributed by atoms with Gasteiger partial charge in [-0.05, 0) is 81.2 Å². The molecular formula is C76H82N3O11PdS-3. The van der Waals surface area contributed by atoms with Crippen molar-refractivity contribution in [3.63, 3.8) is 0 Å². The zero-order valence-corrected chi connectivity index (χ0v) is 56.0. The first kappa shape index (κ1) is 70.0. The molecule has 0 bridgehead atoms. The number of pyridine rings is 2. The van der Waals surface area contributed by atoms with Crippen molar-refractivity contribution in [3.05, 3.63) is 253 Å². The Bertz CT molecular complexity index is 4160. The average molecular weight is 1350 g/mol. The van der Waals surface area contributed by atoms with Crippen molar-refractivity contribution in [3.8, 4) is 67.7 Å². The summed E-state index contributed by atoms with van der Waals surface area (Å²) in [6.45, 7) is 24.5. The van der Waals surface area contributed by atoms with E-state index in [0.717, 1.165) is 76.3 Å². The van der Waals surface area contributed by atoms with Gasteiger partial charge in [0.1, 0.15) is 25.4 Å². The number of hydrogen-bond donors (Lipinski definition) is 1. The fourth-order valence-electron chi connectivity index (χ4n) is 11.6. The van der Waals surface area contributed by atoms with Gasteiger partial charge in [-0.3, -0.25) is 14.1 Å². The summed E-state index contributed by atoms with van der Waals surface area (Å²) in [5.41, 5.74) is 29.7. The standard InChI is InChI=1S/C28H31NO4.C20H23NO4.C15H15.C12H9N.CH4O3S.Pd/c1-18(2)20-4-6-21(7-5-20)22-8-9-25-23(14-22)10-11-29-27(15-26(30)19(3)28(25)29)33-17-24-16-31-12-13-32-24;1-13-3-4-17-15(9-13)5-6-21-19(10-18(22)14(2)20(17)21)25-12-16-11-23-7-8-24-16;1-11-7-4-5-10-14(11)15-12(2)8-6-9-13(15)3;13-12-9-5-4-8-11(12)10-6-2-1-3-7-10;1-5(2,3)4;/h4-9,14-15,18,24H,10-13,16-17H2,1-3H3;3-4,9-10,16H,5-8,11-12H2,1-2H3;4-10H,1H2,2-3H3;1-6,8-9,13H;1H3,(H,2,3,4);/q;;-1;-2;;/t24-;16-;;;;/m00..../s1. The van der Waals surface area contributed by atoms with Crippen molar-refractivity contribution in [1.82, 2.24) is 9.13 Å². The summed E-state index contributed by atoms with van der Waals surface area (Å²) in [5, 5.41) is 0. The Kier molecular flexibility index (Phi) is 24.8. The molecule has 14 nitrogen and oxygen atoms in total. The van der Waals surface area contributed by atoms with Crippen LogP contribution in [0.4, 0.5) is 5.69 Å². The molecule has 9 aromatic rings. The molecule has 0 amide bonds. The number of aromatic nitrogens is 2. The minimum atomic E-state index is -3.67. The van der Waals surface area contributed by atoms with E-state index in [1.54, 1.807) is 18.2 Å². The number of aryl methyl sites for hydroxylation is 5. The van der Waals surface area contributed by atoms with Crippen molar-refractivity contribution in [2.45, 2.75) is 92.5 Å². The molecule has 13 rings (SSSR count). The molecule has 2 atom stereocenters. The number of benzene rings is 7. The molecule has 0 unspecified atom stereocenters.